The molecule has 0 bridgehead atoms. The van der Waals surface area contributed by atoms with E-state index in [1.807, 2.05) is 0 Å². The van der Waals surface area contributed by atoms with Crippen LogP contribution in [0.2, 0.25) is 0 Å². The van der Waals surface area contributed by atoms with E-state index < -0.39 is 0 Å². The maximum absolute atomic E-state index is 12.9. The number of benzene rings is 1. The molecule has 3 aromatic rings. The number of rotatable bonds is 7. The third-order valence-corrected chi connectivity index (χ3v) is 3.53. The second-order valence-corrected chi connectivity index (χ2v) is 5.48. The molecule has 2 aromatic heterocycles. The fourth-order valence-corrected chi connectivity index (χ4v) is 2.22. The number of ether oxygens (including phenoxy) is 1. The topological polar surface area (TPSA) is 99.0 Å². The highest BCUT2D eigenvalue weighted by molar-refractivity contribution is 5.75. The van der Waals surface area contributed by atoms with Crippen LogP contribution in [0.4, 0.5) is 4.39 Å². The Bertz CT molecular complexity index is 958. The lowest BCUT2D eigenvalue weighted by Crippen LogP contribution is -2.35. The van der Waals surface area contributed by atoms with Crippen LogP contribution in [0.3, 0.4) is 0 Å². The average molecular weight is 369 g/mol. The lowest BCUT2D eigenvalue weighted by Gasteiger charge is -2.08. The normalized spacial score (nSPS) is 10.4. The van der Waals surface area contributed by atoms with E-state index >= 15 is 0 Å². The highest BCUT2D eigenvalue weighted by Gasteiger charge is 2.05. The maximum atomic E-state index is 12.9. The van der Waals surface area contributed by atoms with E-state index in [-0.39, 0.29) is 37.0 Å². The summed E-state index contributed by atoms with van der Waals surface area (Å²) in [7, 11) is 0. The molecule has 0 fully saturated rings. The van der Waals surface area contributed by atoms with Crippen molar-refractivity contribution in [2.24, 2.45) is 0 Å². The fourth-order valence-electron chi connectivity index (χ4n) is 2.22. The molecule has 0 saturated carbocycles. The molecular formula is C18H16FN5O3. The molecule has 0 saturated heterocycles. The Morgan fingerprint density at radius 1 is 1.11 bits per heavy atom. The first-order valence-electron chi connectivity index (χ1n) is 8.13. The van der Waals surface area contributed by atoms with Gasteiger partial charge >= 0.3 is 0 Å². The summed E-state index contributed by atoms with van der Waals surface area (Å²) in [6.07, 6.45) is 1.44. The summed E-state index contributed by atoms with van der Waals surface area (Å²) in [6, 6.07) is 12.1. The van der Waals surface area contributed by atoms with Gasteiger partial charge in [0.15, 0.2) is 0 Å². The van der Waals surface area contributed by atoms with Crippen molar-refractivity contribution in [2.45, 2.75) is 6.54 Å². The molecule has 3 rings (SSSR count). The zero-order valence-corrected chi connectivity index (χ0v) is 14.2. The van der Waals surface area contributed by atoms with Crippen molar-refractivity contribution in [2.75, 3.05) is 13.2 Å². The maximum Gasteiger partial charge on any atom is 0.267 e. The van der Waals surface area contributed by atoms with Crippen molar-refractivity contribution < 1.29 is 13.9 Å². The Morgan fingerprint density at radius 3 is 2.63 bits per heavy atom. The second kappa shape index (κ2) is 8.65. The number of carbonyl (C=O) groups is 1. The summed E-state index contributed by atoms with van der Waals surface area (Å²) in [6.45, 7) is 0.265. The molecule has 1 amide bonds. The first kappa shape index (κ1) is 18.2. The zero-order chi connectivity index (χ0) is 19.1. The number of carbonyl (C=O) groups excluding carboxylic acids is 1. The van der Waals surface area contributed by atoms with Crippen LogP contribution in [0.5, 0.6) is 5.88 Å². The van der Waals surface area contributed by atoms with Gasteiger partial charge in [0, 0.05) is 23.9 Å². The predicted molar refractivity (Wildman–Crippen MR) is 94.4 cm³/mol. The van der Waals surface area contributed by atoms with Gasteiger partial charge in [0.05, 0.1) is 12.2 Å². The Hall–Kier alpha value is -3.62. The largest absolute Gasteiger partial charge is 0.475 e. The van der Waals surface area contributed by atoms with E-state index in [0.29, 0.717) is 11.6 Å². The number of nitrogens with one attached hydrogen (secondary N) is 1. The molecule has 0 aliphatic heterocycles. The van der Waals surface area contributed by atoms with Gasteiger partial charge < -0.3 is 10.1 Å². The van der Waals surface area contributed by atoms with Crippen molar-refractivity contribution in [3.05, 3.63) is 70.9 Å². The quantitative estimate of drug-likeness (QED) is 0.625. The van der Waals surface area contributed by atoms with Gasteiger partial charge in [-0.15, -0.1) is 10.2 Å². The monoisotopic (exact) mass is 369 g/mol. The first-order valence-corrected chi connectivity index (χ1v) is 8.13. The van der Waals surface area contributed by atoms with Crippen molar-refractivity contribution in [3.63, 3.8) is 0 Å². The molecule has 9 heteroatoms. The Morgan fingerprint density at radius 2 is 1.93 bits per heavy atom. The molecule has 0 aliphatic carbocycles. The minimum Gasteiger partial charge on any atom is -0.475 e. The van der Waals surface area contributed by atoms with E-state index in [0.717, 1.165) is 10.2 Å². The zero-order valence-electron chi connectivity index (χ0n) is 14.2. The summed E-state index contributed by atoms with van der Waals surface area (Å²) in [4.78, 5) is 23.3. The van der Waals surface area contributed by atoms with Gasteiger partial charge in [-0.2, -0.15) is 5.10 Å². The Balaban J connectivity index is 1.44. The second-order valence-electron chi connectivity index (χ2n) is 5.48. The molecular weight excluding hydrogens is 353 g/mol. The summed E-state index contributed by atoms with van der Waals surface area (Å²) >= 11 is 0. The van der Waals surface area contributed by atoms with Crippen LogP contribution in [-0.4, -0.2) is 39.0 Å². The average Bonchev–Trinajstić information content (AvgIpc) is 2.68. The third kappa shape index (κ3) is 5.18. The number of amides is 1. The van der Waals surface area contributed by atoms with E-state index in [9.17, 15) is 14.0 Å². The smallest absolute Gasteiger partial charge is 0.267 e. The van der Waals surface area contributed by atoms with E-state index in [1.54, 1.807) is 24.3 Å². The van der Waals surface area contributed by atoms with E-state index in [1.165, 1.54) is 30.5 Å². The number of hydrogen-bond donors (Lipinski definition) is 1. The van der Waals surface area contributed by atoms with Crippen LogP contribution in [-0.2, 0) is 11.3 Å². The number of nitrogens with zero attached hydrogens (tertiary/aromatic N) is 4. The molecule has 8 nitrogen and oxygen atoms in total. The van der Waals surface area contributed by atoms with Crippen molar-refractivity contribution in [1.82, 2.24) is 25.3 Å². The van der Waals surface area contributed by atoms with Crippen LogP contribution in [0.25, 0.3) is 11.3 Å². The third-order valence-electron chi connectivity index (χ3n) is 3.53. The Labute approximate surface area is 153 Å². The Kier molecular flexibility index (Phi) is 5.83. The minimum absolute atomic E-state index is 0.161. The molecule has 1 N–H and O–H groups in total. The first-order chi connectivity index (χ1) is 13.1. The van der Waals surface area contributed by atoms with Crippen LogP contribution in [0, 0.1) is 5.82 Å². The molecule has 1 aromatic carbocycles. The van der Waals surface area contributed by atoms with Gasteiger partial charge in [-0.1, -0.05) is 0 Å². The highest BCUT2D eigenvalue weighted by atomic mass is 19.1. The molecule has 0 aliphatic rings. The number of halogens is 1. The summed E-state index contributed by atoms with van der Waals surface area (Å²) in [5.74, 6) is -0.366. The SMILES string of the molecule is O=C(Cn1ncccc1=O)NCCOc1ccc(-c2ccc(F)cc2)nn1. The molecule has 0 radical (unpaired) electrons. The van der Waals surface area contributed by atoms with Crippen molar-refractivity contribution >= 4 is 5.91 Å². The molecule has 0 atom stereocenters. The van der Waals surface area contributed by atoms with Gasteiger partial charge in [0.1, 0.15) is 19.0 Å². The standard InChI is InChI=1S/C18H16FN5O3/c19-14-5-3-13(4-6-14)15-7-8-17(23-22-15)27-11-10-20-16(25)12-24-18(26)2-1-9-21-24/h1-9H,10-12H2,(H,20,25). The molecule has 138 valence electrons. The molecule has 0 unspecified atom stereocenters. The fraction of sp³-hybridized carbons (Fsp3) is 0.167. The van der Waals surface area contributed by atoms with Crippen LogP contribution >= 0.6 is 0 Å². The van der Waals surface area contributed by atoms with Gasteiger partial charge in [-0.25, -0.2) is 9.07 Å². The highest BCUT2D eigenvalue weighted by Crippen LogP contribution is 2.17. The van der Waals surface area contributed by atoms with Gasteiger partial charge in [-0.05, 0) is 36.4 Å². The van der Waals surface area contributed by atoms with Gasteiger partial charge in [0.25, 0.3) is 5.56 Å². The van der Waals surface area contributed by atoms with Gasteiger partial charge in [-0.3, -0.25) is 9.59 Å². The summed E-state index contributed by atoms with van der Waals surface area (Å²) in [5.41, 5.74) is 0.990. The van der Waals surface area contributed by atoms with Crippen LogP contribution in [0.1, 0.15) is 0 Å². The lowest BCUT2D eigenvalue weighted by atomic mass is 10.1. The lowest BCUT2D eigenvalue weighted by molar-refractivity contribution is -0.122. The summed E-state index contributed by atoms with van der Waals surface area (Å²) < 4.78 is 19.4. The predicted octanol–water partition coefficient (Wildman–Crippen LogP) is 1.03. The molecule has 27 heavy (non-hydrogen) atoms. The van der Waals surface area contributed by atoms with Gasteiger partial charge in [0.2, 0.25) is 11.8 Å². The van der Waals surface area contributed by atoms with E-state index in [2.05, 4.69) is 20.6 Å². The van der Waals surface area contributed by atoms with Crippen molar-refractivity contribution in [3.8, 4) is 17.1 Å². The van der Waals surface area contributed by atoms with E-state index in [4.69, 9.17) is 4.74 Å². The van der Waals surface area contributed by atoms with Crippen LogP contribution < -0.4 is 15.6 Å². The van der Waals surface area contributed by atoms with Crippen molar-refractivity contribution in [1.29, 1.82) is 0 Å². The number of hydrogen-bond acceptors (Lipinski definition) is 6. The minimum atomic E-state index is -0.350. The summed E-state index contributed by atoms with van der Waals surface area (Å²) in [5, 5.41) is 14.4. The molecule has 2 heterocycles. The molecule has 0 spiro atoms. The van der Waals surface area contributed by atoms with Crippen LogP contribution in [0.15, 0.2) is 59.5 Å². The number of aromatic nitrogens is 4.